The van der Waals surface area contributed by atoms with Crippen molar-refractivity contribution in [3.63, 3.8) is 0 Å². The van der Waals surface area contributed by atoms with E-state index in [2.05, 4.69) is 16.0 Å². The molecule has 0 saturated carbocycles. The number of nitrogens with one attached hydrogen (secondary N) is 1. The highest BCUT2D eigenvalue weighted by molar-refractivity contribution is 6.38. The normalized spacial score (nSPS) is 15.5. The summed E-state index contributed by atoms with van der Waals surface area (Å²) >= 11 is 0. The zero-order chi connectivity index (χ0) is 16.7. The van der Waals surface area contributed by atoms with E-state index in [4.69, 9.17) is 0 Å². The molecular weight excluding hydrogens is 300 g/mol. The first-order valence-electron chi connectivity index (χ1n) is 7.75. The second kappa shape index (κ2) is 5.36. The Morgan fingerprint density at radius 1 is 1.21 bits per heavy atom. The number of fused-ring (bicyclic) bond motifs is 2. The minimum Gasteiger partial charge on any atom is -0.337 e. The molecule has 1 N–H and O–H groups in total. The fraction of sp³-hybridized carbons (Fsp3) is 0.105. The van der Waals surface area contributed by atoms with Gasteiger partial charge in [0.05, 0.1) is 22.3 Å². The van der Waals surface area contributed by atoms with Crippen molar-refractivity contribution in [2.75, 3.05) is 11.4 Å². The molecule has 116 valence electrons. The molecule has 1 amide bonds. The number of benzene rings is 2. The summed E-state index contributed by atoms with van der Waals surface area (Å²) in [6.45, 7) is 2.48. The number of imidazole rings is 1. The largest absolute Gasteiger partial charge is 0.337 e. The first kappa shape index (κ1) is 14.2. The molecule has 0 spiro atoms. The average molecular weight is 314 g/mol. The molecule has 0 fully saturated rings. The van der Waals surface area contributed by atoms with Crippen molar-refractivity contribution in [3.8, 4) is 6.07 Å². The smallest absolute Gasteiger partial charge is 0.260 e. The van der Waals surface area contributed by atoms with E-state index in [9.17, 15) is 10.1 Å². The van der Waals surface area contributed by atoms with E-state index in [1.165, 1.54) is 0 Å². The quantitative estimate of drug-likeness (QED) is 0.582. The molecule has 0 atom stereocenters. The van der Waals surface area contributed by atoms with E-state index in [0.29, 0.717) is 17.9 Å². The van der Waals surface area contributed by atoms with Crippen molar-refractivity contribution in [2.24, 2.45) is 0 Å². The molecular formula is C19H14N4O. The van der Waals surface area contributed by atoms with Gasteiger partial charge in [-0.2, -0.15) is 5.26 Å². The third kappa shape index (κ3) is 1.94. The van der Waals surface area contributed by atoms with Crippen molar-refractivity contribution in [2.45, 2.75) is 6.92 Å². The lowest BCUT2D eigenvalue weighted by Crippen LogP contribution is -2.25. The van der Waals surface area contributed by atoms with Gasteiger partial charge in [0.2, 0.25) is 0 Å². The molecule has 1 aromatic heterocycles. The van der Waals surface area contributed by atoms with Gasteiger partial charge in [-0.25, -0.2) is 4.98 Å². The molecule has 1 aliphatic heterocycles. The molecule has 2 heterocycles. The minimum atomic E-state index is -0.157. The fourth-order valence-corrected chi connectivity index (χ4v) is 3.13. The van der Waals surface area contributed by atoms with Crippen LogP contribution in [-0.4, -0.2) is 22.4 Å². The van der Waals surface area contributed by atoms with E-state index < -0.39 is 0 Å². The van der Waals surface area contributed by atoms with Crippen LogP contribution in [0, 0.1) is 11.3 Å². The average Bonchev–Trinajstić information content (AvgIpc) is 3.15. The van der Waals surface area contributed by atoms with Crippen LogP contribution in [0.15, 0.2) is 48.5 Å². The zero-order valence-electron chi connectivity index (χ0n) is 13.1. The summed E-state index contributed by atoms with van der Waals surface area (Å²) in [6.07, 6.45) is 0. The predicted octanol–water partition coefficient (Wildman–Crippen LogP) is 3.36. The number of H-pyrrole nitrogens is 1. The molecule has 0 saturated heterocycles. The number of aromatic amines is 1. The van der Waals surface area contributed by atoms with E-state index >= 15 is 0 Å². The van der Waals surface area contributed by atoms with Crippen molar-refractivity contribution in [1.82, 2.24) is 9.97 Å². The number of anilines is 1. The monoisotopic (exact) mass is 314 g/mol. The second-order valence-corrected chi connectivity index (χ2v) is 5.53. The maximum atomic E-state index is 12.9. The van der Waals surface area contributed by atoms with Crippen LogP contribution in [0.25, 0.3) is 22.2 Å². The highest BCUT2D eigenvalue weighted by atomic mass is 16.2. The van der Waals surface area contributed by atoms with Crippen LogP contribution >= 0.6 is 0 Å². The number of nitrogens with zero attached hydrogens (tertiary/aromatic N) is 3. The van der Waals surface area contributed by atoms with Crippen LogP contribution in [0.5, 0.6) is 0 Å². The number of aromatic nitrogens is 2. The molecule has 0 unspecified atom stereocenters. The van der Waals surface area contributed by atoms with Gasteiger partial charge in [0, 0.05) is 12.1 Å². The third-order valence-corrected chi connectivity index (χ3v) is 4.23. The van der Waals surface area contributed by atoms with Crippen LogP contribution in [0.3, 0.4) is 0 Å². The third-order valence-electron chi connectivity index (χ3n) is 4.23. The molecule has 5 nitrogen and oxygen atoms in total. The molecule has 4 rings (SSSR count). The van der Waals surface area contributed by atoms with Gasteiger partial charge in [0.15, 0.2) is 0 Å². The molecule has 0 bridgehead atoms. The van der Waals surface area contributed by atoms with Gasteiger partial charge in [-0.05, 0) is 25.1 Å². The van der Waals surface area contributed by atoms with Gasteiger partial charge in [-0.1, -0.05) is 30.3 Å². The number of carbonyl (C=O) groups is 1. The molecule has 1 aliphatic rings. The van der Waals surface area contributed by atoms with Crippen LogP contribution in [-0.2, 0) is 4.79 Å². The topological polar surface area (TPSA) is 72.8 Å². The summed E-state index contributed by atoms with van der Waals surface area (Å²) in [5.41, 5.74) is 3.91. The highest BCUT2D eigenvalue weighted by Gasteiger charge is 2.34. The summed E-state index contributed by atoms with van der Waals surface area (Å²) in [5.74, 6) is 0.269. The lowest BCUT2D eigenvalue weighted by atomic mass is 10.0. The Bertz CT molecular complexity index is 1010. The summed E-state index contributed by atoms with van der Waals surface area (Å²) < 4.78 is 0. The lowest BCUT2D eigenvalue weighted by Gasteiger charge is -2.13. The molecule has 2 aromatic carbocycles. The Kier molecular flexibility index (Phi) is 3.17. The van der Waals surface area contributed by atoms with Crippen molar-refractivity contribution >= 4 is 33.8 Å². The van der Waals surface area contributed by atoms with Gasteiger partial charge < -0.3 is 9.88 Å². The van der Waals surface area contributed by atoms with Crippen molar-refractivity contribution in [3.05, 3.63) is 59.9 Å². The van der Waals surface area contributed by atoms with E-state index in [1.807, 2.05) is 55.5 Å². The number of amides is 1. The maximum absolute atomic E-state index is 12.9. The molecule has 0 aliphatic carbocycles. The molecule has 24 heavy (non-hydrogen) atoms. The van der Waals surface area contributed by atoms with Crippen molar-refractivity contribution < 1.29 is 4.79 Å². The van der Waals surface area contributed by atoms with Crippen LogP contribution in [0.1, 0.15) is 18.3 Å². The Morgan fingerprint density at radius 3 is 2.71 bits per heavy atom. The molecule has 3 aromatic rings. The van der Waals surface area contributed by atoms with Crippen LogP contribution < -0.4 is 4.90 Å². The van der Waals surface area contributed by atoms with Gasteiger partial charge in [0.25, 0.3) is 5.91 Å². The van der Waals surface area contributed by atoms with Crippen molar-refractivity contribution in [1.29, 1.82) is 5.26 Å². The molecule has 0 radical (unpaired) electrons. The van der Waals surface area contributed by atoms with Gasteiger partial charge in [-0.15, -0.1) is 0 Å². The van der Waals surface area contributed by atoms with Crippen LogP contribution in [0.2, 0.25) is 0 Å². The Hall–Kier alpha value is -3.39. The minimum absolute atomic E-state index is 0.157. The standard InChI is InChI=1S/C19H14N4O/c1-2-23-16-10-6-3-7-12(16)17(19(23)24)13(11-20)18-21-14-8-4-5-9-15(14)22-18/h3-10H,2H2,1H3,(H,21,22)/b17-13-. The predicted molar refractivity (Wildman–Crippen MR) is 93.0 cm³/mol. The number of allylic oxidation sites excluding steroid dienone is 1. The summed E-state index contributed by atoms with van der Waals surface area (Å²) in [6, 6.07) is 17.3. The van der Waals surface area contributed by atoms with Gasteiger partial charge in [0.1, 0.15) is 17.5 Å². The molecule has 5 heteroatoms. The van der Waals surface area contributed by atoms with Crippen LogP contribution in [0.4, 0.5) is 5.69 Å². The number of nitriles is 1. The number of hydrogen-bond donors (Lipinski definition) is 1. The number of para-hydroxylation sites is 3. The van der Waals surface area contributed by atoms with E-state index in [-0.39, 0.29) is 11.5 Å². The second-order valence-electron chi connectivity index (χ2n) is 5.53. The number of hydrogen-bond acceptors (Lipinski definition) is 3. The Balaban J connectivity index is 1.99. The first-order valence-corrected chi connectivity index (χ1v) is 7.75. The Labute approximate surface area is 138 Å². The SMILES string of the molecule is CCN1C(=O)/C(=C(/C#N)c2nc3ccccc3[nH]2)c2ccccc21. The summed E-state index contributed by atoms with van der Waals surface area (Å²) in [4.78, 5) is 22.2. The summed E-state index contributed by atoms with van der Waals surface area (Å²) in [5, 5.41) is 9.73. The van der Waals surface area contributed by atoms with E-state index in [1.54, 1.807) is 4.90 Å². The zero-order valence-corrected chi connectivity index (χ0v) is 13.1. The number of likely N-dealkylation sites (N-methyl/N-ethyl adjacent to an activating group) is 1. The van der Waals surface area contributed by atoms with Gasteiger partial charge >= 0.3 is 0 Å². The number of carbonyl (C=O) groups excluding carboxylic acids is 1. The van der Waals surface area contributed by atoms with E-state index in [0.717, 1.165) is 22.3 Å². The van der Waals surface area contributed by atoms with Gasteiger partial charge in [-0.3, -0.25) is 4.79 Å². The highest BCUT2D eigenvalue weighted by Crippen LogP contribution is 2.40. The summed E-state index contributed by atoms with van der Waals surface area (Å²) in [7, 11) is 0. The first-order chi connectivity index (χ1) is 11.7. The lowest BCUT2D eigenvalue weighted by molar-refractivity contribution is -0.112. The maximum Gasteiger partial charge on any atom is 0.260 e. The fourth-order valence-electron chi connectivity index (χ4n) is 3.13. The number of rotatable bonds is 2. The Morgan fingerprint density at radius 2 is 1.96 bits per heavy atom.